The van der Waals surface area contributed by atoms with Gasteiger partial charge in [-0.3, -0.25) is 4.98 Å². The Bertz CT molecular complexity index is 1090. The van der Waals surface area contributed by atoms with E-state index in [1.165, 1.54) is 19.4 Å². The highest BCUT2D eigenvalue weighted by molar-refractivity contribution is 7.82. The predicted molar refractivity (Wildman–Crippen MR) is 96.0 cm³/mol. The lowest BCUT2D eigenvalue weighted by atomic mass is 10.2. The van der Waals surface area contributed by atoms with Crippen LogP contribution in [0.5, 0.6) is 17.2 Å². The summed E-state index contributed by atoms with van der Waals surface area (Å²) in [5.41, 5.74) is 0.177. The summed E-state index contributed by atoms with van der Waals surface area (Å²) in [6.45, 7) is -3.45. The zero-order valence-corrected chi connectivity index (χ0v) is 16.3. The van der Waals surface area contributed by atoms with Crippen LogP contribution in [0, 0.1) is 0 Å². The van der Waals surface area contributed by atoms with Gasteiger partial charge in [0, 0.05) is 24.4 Å². The molecule has 0 N–H and O–H groups in total. The van der Waals surface area contributed by atoms with Crippen LogP contribution < -0.4 is 14.2 Å². The maximum Gasteiger partial charge on any atom is 0.461 e. The highest BCUT2D eigenvalue weighted by Gasteiger charge is 2.45. The summed E-state index contributed by atoms with van der Waals surface area (Å²) in [5.74, 6) is -1.73. The number of aromatic nitrogens is 3. The van der Waals surface area contributed by atoms with Crippen molar-refractivity contribution in [1.82, 2.24) is 13.9 Å². The molecule has 1 unspecified atom stereocenters. The first-order valence-electron chi connectivity index (χ1n) is 8.29. The van der Waals surface area contributed by atoms with Crippen LogP contribution in [0.1, 0.15) is 5.69 Å². The third-order valence-corrected chi connectivity index (χ3v) is 5.08. The average molecular weight is 469 g/mol. The van der Waals surface area contributed by atoms with Gasteiger partial charge in [0.25, 0.3) is 0 Å². The Hall–Kier alpha value is -3.03. The van der Waals surface area contributed by atoms with E-state index in [2.05, 4.69) is 19.4 Å². The van der Waals surface area contributed by atoms with Gasteiger partial charge in [-0.05, 0) is 6.07 Å². The molecule has 0 aliphatic carbocycles. The number of imidazole rings is 1. The Kier molecular flexibility index (Phi) is 6.57. The number of rotatable bonds is 9. The molecular formula is C17H13F6N3O4S. The molecule has 0 spiro atoms. The van der Waals surface area contributed by atoms with Crippen LogP contribution in [-0.2, 0) is 16.7 Å². The van der Waals surface area contributed by atoms with Crippen molar-refractivity contribution in [3.05, 3.63) is 42.5 Å². The van der Waals surface area contributed by atoms with Crippen molar-refractivity contribution in [1.29, 1.82) is 0 Å². The molecule has 0 aliphatic heterocycles. The van der Waals surface area contributed by atoms with Gasteiger partial charge in [-0.15, -0.1) is 0 Å². The van der Waals surface area contributed by atoms with Crippen molar-refractivity contribution in [2.75, 3.05) is 7.11 Å². The van der Waals surface area contributed by atoms with E-state index >= 15 is 0 Å². The maximum absolute atomic E-state index is 13.4. The van der Waals surface area contributed by atoms with E-state index in [9.17, 15) is 30.6 Å². The summed E-state index contributed by atoms with van der Waals surface area (Å²) >= 11 is 0. The number of fused-ring (bicyclic) bond motifs is 1. The van der Waals surface area contributed by atoms with Gasteiger partial charge in [-0.25, -0.2) is 13.2 Å². The number of benzene rings is 1. The number of methoxy groups -OCH3 is 1. The Balaban J connectivity index is 1.99. The lowest BCUT2D eigenvalue weighted by Gasteiger charge is -2.19. The number of nitrogens with zero attached hydrogens (tertiary/aromatic N) is 3. The van der Waals surface area contributed by atoms with Crippen LogP contribution in [0.4, 0.5) is 26.3 Å². The van der Waals surface area contributed by atoms with Gasteiger partial charge >= 0.3 is 19.1 Å². The van der Waals surface area contributed by atoms with Crippen molar-refractivity contribution in [3.63, 3.8) is 0 Å². The molecule has 0 saturated heterocycles. The molecule has 0 bridgehead atoms. The van der Waals surface area contributed by atoms with Gasteiger partial charge < -0.3 is 14.2 Å². The lowest BCUT2D eigenvalue weighted by Crippen LogP contribution is -2.33. The molecule has 1 atom stereocenters. The zero-order valence-electron chi connectivity index (χ0n) is 15.5. The van der Waals surface area contributed by atoms with Crippen LogP contribution >= 0.6 is 0 Å². The minimum Gasteiger partial charge on any atom is -0.497 e. The smallest absolute Gasteiger partial charge is 0.461 e. The largest absolute Gasteiger partial charge is 0.497 e. The lowest BCUT2D eigenvalue weighted by molar-refractivity contribution is -0.254. The molecule has 0 radical (unpaired) electrons. The maximum atomic E-state index is 13.4. The molecule has 14 heteroatoms. The number of ether oxygens (including phenoxy) is 3. The molecule has 2 heterocycles. The minimum atomic E-state index is -4.98. The Morgan fingerprint density at radius 1 is 1.13 bits per heavy atom. The molecule has 2 aromatic heterocycles. The third kappa shape index (κ3) is 5.18. The number of hydrogen-bond donors (Lipinski definition) is 0. The Labute approximate surface area is 173 Å². The Morgan fingerprint density at radius 3 is 2.52 bits per heavy atom. The van der Waals surface area contributed by atoms with E-state index < -0.39 is 41.6 Å². The molecule has 3 aromatic rings. The second-order valence-electron chi connectivity index (χ2n) is 5.85. The second kappa shape index (κ2) is 8.99. The molecule has 0 amide bonds. The summed E-state index contributed by atoms with van der Waals surface area (Å²) in [4.78, 5) is 7.90. The minimum absolute atomic E-state index is 0.0738. The van der Waals surface area contributed by atoms with E-state index in [4.69, 9.17) is 4.74 Å². The van der Waals surface area contributed by atoms with Crippen LogP contribution in [0.2, 0.25) is 0 Å². The van der Waals surface area contributed by atoms with Crippen LogP contribution in [0.15, 0.2) is 36.8 Å². The molecule has 31 heavy (non-hydrogen) atoms. The number of alkyl halides is 6. The van der Waals surface area contributed by atoms with Crippen molar-refractivity contribution in [2.24, 2.45) is 0 Å². The monoisotopic (exact) mass is 469 g/mol. The van der Waals surface area contributed by atoms with Crippen molar-refractivity contribution in [3.8, 4) is 17.2 Å². The topological polar surface area (TPSA) is 75.5 Å². The fourth-order valence-electron chi connectivity index (χ4n) is 2.47. The van der Waals surface area contributed by atoms with E-state index in [-0.39, 0.29) is 16.8 Å². The van der Waals surface area contributed by atoms with E-state index in [1.807, 2.05) is 0 Å². The number of halogens is 6. The number of hydrogen-bond acceptors (Lipinski definition) is 6. The zero-order chi connectivity index (χ0) is 22.8. The fourth-order valence-corrected chi connectivity index (χ4v) is 3.54. The van der Waals surface area contributed by atoms with Crippen LogP contribution in [0.25, 0.3) is 11.0 Å². The molecular weight excluding hydrogens is 456 g/mol. The van der Waals surface area contributed by atoms with Gasteiger partial charge in [0.2, 0.25) is 0 Å². The summed E-state index contributed by atoms with van der Waals surface area (Å²) in [5, 5.41) is 0. The van der Waals surface area contributed by atoms with Gasteiger partial charge in [-0.2, -0.15) is 26.3 Å². The predicted octanol–water partition coefficient (Wildman–Crippen LogP) is 3.99. The Morgan fingerprint density at radius 2 is 1.87 bits per heavy atom. The van der Waals surface area contributed by atoms with Crippen LogP contribution in [-0.4, -0.2) is 44.4 Å². The van der Waals surface area contributed by atoms with Gasteiger partial charge in [-0.1, -0.05) is 0 Å². The highest BCUT2D eigenvalue weighted by atomic mass is 32.2. The van der Waals surface area contributed by atoms with E-state index in [0.29, 0.717) is 17.5 Å². The SMILES string of the molecule is COc1ccnc(CS(=O)n2cnc3cc(OC(F)F)c(OC(F)(F)C(F)F)cc32)c1. The average Bonchev–Trinajstić information content (AvgIpc) is 3.10. The first-order chi connectivity index (χ1) is 14.6. The summed E-state index contributed by atoms with van der Waals surface area (Å²) in [6.07, 6.45) is -6.74. The molecule has 7 nitrogen and oxygen atoms in total. The highest BCUT2D eigenvalue weighted by Crippen LogP contribution is 2.38. The first kappa shape index (κ1) is 22.7. The summed E-state index contributed by atoms with van der Waals surface area (Å²) in [6, 6.07) is 4.59. The molecule has 168 valence electrons. The van der Waals surface area contributed by atoms with Crippen molar-refractivity contribution in [2.45, 2.75) is 24.9 Å². The van der Waals surface area contributed by atoms with Gasteiger partial charge in [0.05, 0.1) is 29.6 Å². The summed E-state index contributed by atoms with van der Waals surface area (Å²) in [7, 11) is -0.464. The molecule has 0 aliphatic rings. The van der Waals surface area contributed by atoms with Crippen molar-refractivity contribution >= 4 is 22.0 Å². The van der Waals surface area contributed by atoms with Gasteiger partial charge in [0.15, 0.2) is 11.5 Å². The van der Waals surface area contributed by atoms with E-state index in [0.717, 1.165) is 16.4 Å². The number of pyridine rings is 1. The molecule has 0 fully saturated rings. The fraction of sp³-hybridized carbons (Fsp3) is 0.294. The first-order valence-corrected chi connectivity index (χ1v) is 9.57. The second-order valence-corrected chi connectivity index (χ2v) is 7.18. The van der Waals surface area contributed by atoms with E-state index in [1.54, 1.807) is 6.07 Å². The third-order valence-electron chi connectivity index (χ3n) is 3.81. The molecule has 0 saturated carbocycles. The molecule has 3 rings (SSSR count). The molecule has 1 aromatic carbocycles. The normalized spacial score (nSPS) is 13.1. The summed E-state index contributed by atoms with van der Waals surface area (Å²) < 4.78 is 104. The van der Waals surface area contributed by atoms with Gasteiger partial charge in [0.1, 0.15) is 23.1 Å². The standard InChI is InChI=1S/C17H13F6N3O4S/c1-28-10-2-3-24-9(4-10)7-31(27)26-8-25-11-5-13(29-16(20)21)14(6-12(11)26)30-17(22,23)15(18)19/h2-6,8,15-16H,7H2,1H3. The van der Waals surface area contributed by atoms with Crippen molar-refractivity contribution < 1.29 is 44.8 Å². The quantitative estimate of drug-likeness (QED) is 0.442. The van der Waals surface area contributed by atoms with Crippen LogP contribution in [0.3, 0.4) is 0 Å².